The van der Waals surface area contributed by atoms with E-state index in [-0.39, 0.29) is 0 Å². The van der Waals surface area contributed by atoms with Crippen LogP contribution in [0.5, 0.6) is 0 Å². The Morgan fingerprint density at radius 2 is 2.20 bits per heavy atom. The number of nitrogens with zero attached hydrogens (tertiary/aromatic N) is 2. The molecule has 1 atom stereocenters. The Morgan fingerprint density at radius 1 is 1.40 bits per heavy atom. The van der Waals surface area contributed by atoms with Gasteiger partial charge in [0.1, 0.15) is 0 Å². The molecule has 2 rings (SSSR count). The molecule has 4 nitrogen and oxygen atoms in total. The van der Waals surface area contributed by atoms with E-state index in [9.17, 15) is 5.11 Å². The Kier molecular flexibility index (Phi) is 5.97. The van der Waals surface area contributed by atoms with Crippen LogP contribution < -0.4 is 10.2 Å². The quantitative estimate of drug-likeness (QED) is 0.787. The summed E-state index contributed by atoms with van der Waals surface area (Å²) in [5, 5.41) is 18.3. The van der Waals surface area contributed by atoms with E-state index in [4.69, 9.17) is 0 Å². The van der Waals surface area contributed by atoms with Gasteiger partial charge in [0.05, 0.1) is 6.10 Å². The maximum Gasteiger partial charge on any atom is 0.185 e. The van der Waals surface area contributed by atoms with E-state index in [1.807, 2.05) is 23.0 Å². The van der Waals surface area contributed by atoms with Crippen molar-refractivity contribution in [2.24, 2.45) is 0 Å². The third-order valence-electron chi connectivity index (χ3n) is 3.14. The van der Waals surface area contributed by atoms with Crippen LogP contribution in [0.4, 0.5) is 5.13 Å². The lowest BCUT2D eigenvalue weighted by atomic mass is 10.2. The van der Waals surface area contributed by atoms with Gasteiger partial charge in [-0.1, -0.05) is 0 Å². The first-order valence-electron chi connectivity index (χ1n) is 6.85. The molecular weight excluding hydrogens is 290 g/mol. The number of hydrogen-bond acceptors (Lipinski definition) is 6. The lowest BCUT2D eigenvalue weighted by Gasteiger charge is -2.16. The van der Waals surface area contributed by atoms with Gasteiger partial charge in [0, 0.05) is 37.3 Å². The van der Waals surface area contributed by atoms with Crippen molar-refractivity contribution >= 4 is 27.8 Å². The first-order valence-corrected chi connectivity index (χ1v) is 8.61. The summed E-state index contributed by atoms with van der Waals surface area (Å²) in [4.78, 5) is 7.89. The van der Waals surface area contributed by atoms with Crippen LogP contribution in [0.3, 0.4) is 0 Å². The number of anilines is 1. The van der Waals surface area contributed by atoms with Gasteiger partial charge in [-0.05, 0) is 36.2 Å². The van der Waals surface area contributed by atoms with Gasteiger partial charge < -0.3 is 15.3 Å². The van der Waals surface area contributed by atoms with Gasteiger partial charge in [0.15, 0.2) is 5.13 Å². The number of nitrogens with one attached hydrogen (secondary N) is 1. The zero-order valence-electron chi connectivity index (χ0n) is 11.9. The summed E-state index contributed by atoms with van der Waals surface area (Å²) in [5.41, 5.74) is 0.982. The molecule has 0 aliphatic rings. The van der Waals surface area contributed by atoms with Crippen molar-refractivity contribution in [2.75, 3.05) is 24.5 Å². The molecule has 6 heteroatoms. The van der Waals surface area contributed by atoms with Gasteiger partial charge >= 0.3 is 0 Å². The fourth-order valence-corrected chi connectivity index (χ4v) is 3.65. The second kappa shape index (κ2) is 7.73. The molecule has 0 aliphatic carbocycles. The highest BCUT2D eigenvalue weighted by atomic mass is 32.1. The predicted molar refractivity (Wildman–Crippen MR) is 86.7 cm³/mol. The highest BCUT2D eigenvalue weighted by Gasteiger charge is 2.09. The van der Waals surface area contributed by atoms with Gasteiger partial charge in [0.25, 0.3) is 0 Å². The molecule has 0 aromatic carbocycles. The van der Waals surface area contributed by atoms with E-state index in [2.05, 4.69) is 29.0 Å². The lowest BCUT2D eigenvalue weighted by molar-refractivity contribution is 0.175. The summed E-state index contributed by atoms with van der Waals surface area (Å²) in [6, 6.07) is 1.96. The second-order valence-electron chi connectivity index (χ2n) is 4.48. The molecule has 0 fully saturated rings. The molecule has 0 spiro atoms. The molecule has 0 amide bonds. The minimum Gasteiger partial charge on any atom is -0.387 e. The van der Waals surface area contributed by atoms with E-state index in [1.165, 1.54) is 4.88 Å². The van der Waals surface area contributed by atoms with E-state index in [0.717, 1.165) is 30.3 Å². The molecule has 110 valence electrons. The predicted octanol–water partition coefficient (Wildman–Crippen LogP) is 2.87. The highest BCUT2D eigenvalue weighted by Crippen LogP contribution is 2.22. The van der Waals surface area contributed by atoms with Crippen molar-refractivity contribution in [3.05, 3.63) is 33.5 Å². The second-order valence-corrected chi connectivity index (χ2v) is 6.36. The maximum atomic E-state index is 9.98. The summed E-state index contributed by atoms with van der Waals surface area (Å²) in [7, 11) is 0. The van der Waals surface area contributed by atoms with Gasteiger partial charge in [-0.15, -0.1) is 11.3 Å². The molecule has 0 saturated carbocycles. The number of aliphatic hydroxyl groups is 1. The third-order valence-corrected chi connectivity index (χ3v) is 4.90. The van der Waals surface area contributed by atoms with E-state index in [0.29, 0.717) is 6.54 Å². The van der Waals surface area contributed by atoms with Crippen molar-refractivity contribution in [2.45, 2.75) is 26.5 Å². The maximum absolute atomic E-state index is 9.98. The number of aliphatic hydroxyl groups excluding tert-OH is 1. The van der Waals surface area contributed by atoms with Gasteiger partial charge in [-0.25, -0.2) is 4.98 Å². The molecule has 0 bridgehead atoms. The van der Waals surface area contributed by atoms with Crippen LogP contribution in [0.1, 0.15) is 30.4 Å². The minimum absolute atomic E-state index is 0.434. The fourth-order valence-electron chi connectivity index (χ4n) is 1.93. The minimum atomic E-state index is -0.434. The highest BCUT2D eigenvalue weighted by molar-refractivity contribution is 7.15. The average molecular weight is 311 g/mol. The molecule has 2 heterocycles. The van der Waals surface area contributed by atoms with Crippen molar-refractivity contribution in [3.8, 4) is 0 Å². The van der Waals surface area contributed by atoms with Crippen LogP contribution in [0.15, 0.2) is 23.0 Å². The first kappa shape index (κ1) is 15.4. The van der Waals surface area contributed by atoms with Crippen molar-refractivity contribution < 1.29 is 5.11 Å². The summed E-state index contributed by atoms with van der Waals surface area (Å²) in [5.74, 6) is 0. The molecule has 2 aromatic rings. The molecule has 2 aromatic heterocycles. The van der Waals surface area contributed by atoms with Crippen molar-refractivity contribution in [3.63, 3.8) is 0 Å². The van der Waals surface area contributed by atoms with E-state index >= 15 is 0 Å². The monoisotopic (exact) mass is 311 g/mol. The summed E-state index contributed by atoms with van der Waals surface area (Å²) < 4.78 is 0. The van der Waals surface area contributed by atoms with Gasteiger partial charge in [-0.2, -0.15) is 11.3 Å². The Bertz CT molecular complexity index is 494. The van der Waals surface area contributed by atoms with Gasteiger partial charge in [0.2, 0.25) is 0 Å². The van der Waals surface area contributed by atoms with Crippen LogP contribution >= 0.6 is 22.7 Å². The Hall–Kier alpha value is -0.950. The van der Waals surface area contributed by atoms with Gasteiger partial charge in [-0.3, -0.25) is 0 Å². The normalized spacial score (nSPS) is 12.6. The first-order chi connectivity index (χ1) is 9.74. The zero-order chi connectivity index (χ0) is 14.4. The molecule has 0 saturated heterocycles. The summed E-state index contributed by atoms with van der Waals surface area (Å²) >= 11 is 3.32. The van der Waals surface area contributed by atoms with Crippen LogP contribution in [0.25, 0.3) is 0 Å². The smallest absolute Gasteiger partial charge is 0.185 e. The Labute approximate surface area is 128 Å². The summed E-state index contributed by atoms with van der Waals surface area (Å²) in [6.07, 6.45) is 1.49. The van der Waals surface area contributed by atoms with E-state index < -0.39 is 6.10 Å². The van der Waals surface area contributed by atoms with Crippen LogP contribution in [0, 0.1) is 0 Å². The largest absolute Gasteiger partial charge is 0.387 e. The molecule has 20 heavy (non-hydrogen) atoms. The lowest BCUT2D eigenvalue weighted by Crippen LogP contribution is -2.21. The van der Waals surface area contributed by atoms with Crippen molar-refractivity contribution in [1.82, 2.24) is 10.3 Å². The van der Waals surface area contributed by atoms with Crippen LogP contribution in [-0.2, 0) is 6.54 Å². The molecule has 2 N–H and O–H groups in total. The van der Waals surface area contributed by atoms with Crippen molar-refractivity contribution in [1.29, 1.82) is 0 Å². The number of thiazole rings is 1. The fraction of sp³-hybridized carbons (Fsp3) is 0.500. The number of aromatic nitrogens is 1. The standard InChI is InChI=1S/C14H21N3OS2/c1-3-17(4-2)14-16-8-12(20-14)7-15-9-13(18)11-5-6-19-10-11/h5-6,8,10,13,15,18H,3-4,7,9H2,1-2H3. The number of hydrogen-bond donors (Lipinski definition) is 2. The number of rotatable bonds is 8. The average Bonchev–Trinajstić information content (AvgIpc) is 3.11. The molecule has 0 radical (unpaired) electrons. The summed E-state index contributed by atoms with van der Waals surface area (Å²) in [6.45, 7) is 7.55. The number of thiophene rings is 1. The van der Waals surface area contributed by atoms with Crippen LogP contribution in [0.2, 0.25) is 0 Å². The van der Waals surface area contributed by atoms with Crippen LogP contribution in [-0.4, -0.2) is 29.7 Å². The molecule has 0 aliphatic heterocycles. The Balaban J connectivity index is 1.80. The Morgan fingerprint density at radius 3 is 2.85 bits per heavy atom. The molecular formula is C14H21N3OS2. The third kappa shape index (κ3) is 4.02. The van der Waals surface area contributed by atoms with E-state index in [1.54, 1.807) is 22.7 Å². The topological polar surface area (TPSA) is 48.4 Å². The zero-order valence-corrected chi connectivity index (χ0v) is 13.5. The SMILES string of the molecule is CCN(CC)c1ncc(CNCC(O)c2ccsc2)s1. The molecule has 1 unspecified atom stereocenters.